The minimum absolute atomic E-state index is 0.0921. The van der Waals surface area contributed by atoms with Crippen LogP contribution in [0.15, 0.2) is 48.5 Å². The van der Waals surface area contributed by atoms with Crippen LogP contribution in [-0.4, -0.2) is 37.1 Å². The number of hydrogen-bond acceptors (Lipinski definition) is 5. The zero-order chi connectivity index (χ0) is 17.8. The summed E-state index contributed by atoms with van der Waals surface area (Å²) in [5.74, 6) is 0. The quantitative estimate of drug-likeness (QED) is 0.614. The Morgan fingerprint density at radius 3 is 2.68 bits per heavy atom. The van der Waals surface area contributed by atoms with Gasteiger partial charge in [-0.25, -0.2) is 0 Å². The Bertz CT molecular complexity index is 734. The molecule has 1 aliphatic heterocycles. The minimum Gasteiger partial charge on any atom is -0.377 e. The molecule has 1 aliphatic rings. The Labute approximate surface area is 147 Å². The van der Waals surface area contributed by atoms with Gasteiger partial charge in [-0.2, -0.15) is 0 Å². The smallest absolute Gasteiger partial charge is 0.270 e. The van der Waals surface area contributed by atoms with Gasteiger partial charge in [0.15, 0.2) is 0 Å². The topological polar surface area (TPSA) is 58.9 Å². The molecule has 25 heavy (non-hydrogen) atoms. The van der Waals surface area contributed by atoms with Crippen LogP contribution in [-0.2, 0) is 11.3 Å². The van der Waals surface area contributed by atoms with Gasteiger partial charge in [-0.15, -0.1) is 0 Å². The predicted molar refractivity (Wildman–Crippen MR) is 97.6 cm³/mol. The molecule has 0 radical (unpaired) electrons. The molecule has 132 valence electrons. The first kappa shape index (κ1) is 17.4. The second-order valence-electron chi connectivity index (χ2n) is 6.43. The lowest BCUT2D eigenvalue weighted by molar-refractivity contribution is -0.385. The Morgan fingerprint density at radius 2 is 2.00 bits per heavy atom. The lowest BCUT2D eigenvalue weighted by Crippen LogP contribution is -2.37. The molecule has 3 rings (SSSR count). The van der Waals surface area contributed by atoms with Crippen LogP contribution in [0, 0.1) is 10.1 Å². The first-order chi connectivity index (χ1) is 12.1. The van der Waals surface area contributed by atoms with Gasteiger partial charge in [-0.1, -0.05) is 30.3 Å². The molecule has 6 heteroatoms. The monoisotopic (exact) mass is 341 g/mol. The molecule has 0 aromatic heterocycles. The molecular formula is C19H23N3O3. The Morgan fingerprint density at radius 1 is 1.24 bits per heavy atom. The molecule has 0 spiro atoms. The number of anilines is 1. The van der Waals surface area contributed by atoms with Crippen LogP contribution in [0.4, 0.5) is 11.4 Å². The molecule has 6 nitrogen and oxygen atoms in total. The molecule has 0 bridgehead atoms. The summed E-state index contributed by atoms with van der Waals surface area (Å²) in [6.45, 7) is 2.31. The molecule has 2 aromatic rings. The highest BCUT2D eigenvalue weighted by molar-refractivity contribution is 5.58. The first-order valence-electron chi connectivity index (χ1n) is 8.41. The summed E-state index contributed by atoms with van der Waals surface area (Å²) in [6.07, 6.45) is 0.668. The molecule has 1 atom stereocenters. The van der Waals surface area contributed by atoms with Gasteiger partial charge in [0.25, 0.3) is 5.69 Å². The van der Waals surface area contributed by atoms with Crippen molar-refractivity contribution in [1.29, 1.82) is 0 Å². The normalized spacial score (nSPS) is 18.1. The maximum Gasteiger partial charge on any atom is 0.270 e. The lowest BCUT2D eigenvalue weighted by atomic mass is 10.1. The Balaban J connectivity index is 1.96. The van der Waals surface area contributed by atoms with Crippen LogP contribution in [0.2, 0.25) is 0 Å². The summed E-state index contributed by atoms with van der Waals surface area (Å²) >= 11 is 0. The summed E-state index contributed by atoms with van der Waals surface area (Å²) in [7, 11) is 3.88. The number of nitrogens with zero attached hydrogens (tertiary/aromatic N) is 3. The van der Waals surface area contributed by atoms with E-state index in [0.717, 1.165) is 30.8 Å². The van der Waals surface area contributed by atoms with E-state index in [0.29, 0.717) is 6.61 Å². The van der Waals surface area contributed by atoms with Crippen LogP contribution >= 0.6 is 0 Å². The summed E-state index contributed by atoms with van der Waals surface area (Å²) in [5.41, 5.74) is 3.08. The molecule has 1 heterocycles. The van der Waals surface area contributed by atoms with E-state index in [4.69, 9.17) is 4.74 Å². The summed E-state index contributed by atoms with van der Waals surface area (Å²) in [6, 6.07) is 15.2. The molecular weight excluding hydrogens is 318 g/mol. The molecule has 1 saturated heterocycles. The number of nitro benzene ring substituents is 1. The second kappa shape index (κ2) is 7.63. The van der Waals surface area contributed by atoms with E-state index in [1.54, 1.807) is 18.2 Å². The van der Waals surface area contributed by atoms with E-state index >= 15 is 0 Å². The molecule has 0 aliphatic carbocycles. The maximum absolute atomic E-state index is 11.2. The minimum atomic E-state index is -0.354. The van der Waals surface area contributed by atoms with Crippen molar-refractivity contribution >= 4 is 11.4 Å². The highest BCUT2D eigenvalue weighted by Crippen LogP contribution is 2.36. The van der Waals surface area contributed by atoms with Gasteiger partial charge in [-0.3, -0.25) is 15.0 Å². The molecule has 0 N–H and O–H groups in total. The van der Waals surface area contributed by atoms with Gasteiger partial charge >= 0.3 is 0 Å². The third-order valence-corrected chi connectivity index (χ3v) is 4.40. The number of hydrogen-bond donors (Lipinski definition) is 0. The van der Waals surface area contributed by atoms with Crippen molar-refractivity contribution in [2.75, 3.05) is 32.1 Å². The van der Waals surface area contributed by atoms with Crippen LogP contribution in [0.3, 0.4) is 0 Å². The summed E-state index contributed by atoms with van der Waals surface area (Å²) in [4.78, 5) is 15.1. The van der Waals surface area contributed by atoms with E-state index in [1.165, 1.54) is 5.56 Å². The second-order valence-corrected chi connectivity index (χ2v) is 6.43. The first-order valence-corrected chi connectivity index (χ1v) is 8.41. The fourth-order valence-corrected chi connectivity index (χ4v) is 3.21. The van der Waals surface area contributed by atoms with E-state index in [-0.39, 0.29) is 16.8 Å². The number of rotatable bonds is 5. The van der Waals surface area contributed by atoms with Gasteiger partial charge in [0.1, 0.15) is 6.23 Å². The van der Waals surface area contributed by atoms with Gasteiger partial charge < -0.3 is 9.64 Å². The van der Waals surface area contributed by atoms with Gasteiger partial charge in [0.05, 0.1) is 11.5 Å². The van der Waals surface area contributed by atoms with Crippen LogP contribution in [0.1, 0.15) is 23.8 Å². The number of ether oxygens (including phenoxy) is 1. The van der Waals surface area contributed by atoms with E-state index < -0.39 is 0 Å². The Hall–Kier alpha value is -2.44. The third-order valence-electron chi connectivity index (χ3n) is 4.40. The maximum atomic E-state index is 11.2. The SMILES string of the molecule is CN(C)c1ccc([N+](=O)[O-])cc1[C@H]1OCCCN1Cc1ccccc1. The van der Waals surface area contributed by atoms with Crippen molar-refractivity contribution in [3.8, 4) is 0 Å². The largest absolute Gasteiger partial charge is 0.377 e. The van der Waals surface area contributed by atoms with Gasteiger partial charge in [0.2, 0.25) is 0 Å². The lowest BCUT2D eigenvalue weighted by Gasteiger charge is -2.37. The number of benzene rings is 2. The van der Waals surface area contributed by atoms with Crippen molar-refractivity contribution in [3.05, 3.63) is 69.8 Å². The predicted octanol–water partition coefficient (Wildman–Crippen LogP) is 3.58. The third kappa shape index (κ3) is 3.97. The number of nitro groups is 1. The van der Waals surface area contributed by atoms with Crippen molar-refractivity contribution < 1.29 is 9.66 Å². The van der Waals surface area contributed by atoms with Crippen LogP contribution < -0.4 is 4.90 Å². The Kier molecular flexibility index (Phi) is 5.31. The molecule has 0 amide bonds. The van der Waals surface area contributed by atoms with E-state index in [1.807, 2.05) is 37.2 Å². The average molecular weight is 341 g/mol. The van der Waals surface area contributed by atoms with Crippen LogP contribution in [0.25, 0.3) is 0 Å². The number of non-ortho nitro benzene ring substituents is 1. The van der Waals surface area contributed by atoms with Crippen molar-refractivity contribution in [1.82, 2.24) is 4.90 Å². The van der Waals surface area contributed by atoms with Gasteiger partial charge in [-0.05, 0) is 18.1 Å². The molecule has 0 saturated carbocycles. The van der Waals surface area contributed by atoms with Crippen LogP contribution in [0.5, 0.6) is 0 Å². The zero-order valence-electron chi connectivity index (χ0n) is 14.6. The van der Waals surface area contributed by atoms with E-state index in [2.05, 4.69) is 17.0 Å². The average Bonchev–Trinajstić information content (AvgIpc) is 2.62. The summed E-state index contributed by atoms with van der Waals surface area (Å²) < 4.78 is 6.05. The standard InChI is InChI=1S/C19H23N3O3/c1-20(2)18-10-9-16(22(23)24)13-17(18)19-21(11-6-12-25-19)14-15-7-4-3-5-8-15/h3-5,7-10,13,19H,6,11-12,14H2,1-2H3/t19-/m1/s1. The highest BCUT2D eigenvalue weighted by Gasteiger charge is 2.29. The van der Waals surface area contributed by atoms with Gasteiger partial charge in [0, 0.05) is 50.6 Å². The molecule has 2 aromatic carbocycles. The van der Waals surface area contributed by atoms with Crippen molar-refractivity contribution in [2.24, 2.45) is 0 Å². The van der Waals surface area contributed by atoms with Crippen molar-refractivity contribution in [3.63, 3.8) is 0 Å². The summed E-state index contributed by atoms with van der Waals surface area (Å²) in [5, 5.41) is 11.2. The van der Waals surface area contributed by atoms with E-state index in [9.17, 15) is 10.1 Å². The molecule has 1 fully saturated rings. The fourth-order valence-electron chi connectivity index (χ4n) is 3.21. The van der Waals surface area contributed by atoms with Crippen molar-refractivity contribution in [2.45, 2.75) is 19.2 Å². The molecule has 0 unspecified atom stereocenters. The zero-order valence-corrected chi connectivity index (χ0v) is 14.6. The fraction of sp³-hybridized carbons (Fsp3) is 0.368. The highest BCUT2D eigenvalue weighted by atomic mass is 16.6.